The summed E-state index contributed by atoms with van der Waals surface area (Å²) in [5, 5.41) is 24.6. The molecule has 42 heavy (non-hydrogen) atoms. The summed E-state index contributed by atoms with van der Waals surface area (Å²) in [6.07, 6.45) is 7.89. The number of fused-ring (bicyclic) bond motifs is 2. The molecule has 0 aliphatic heterocycles. The van der Waals surface area contributed by atoms with Crippen molar-refractivity contribution in [2.45, 2.75) is 64.1 Å². The Balaban J connectivity index is 1.32. The highest BCUT2D eigenvalue weighted by Crippen LogP contribution is 2.32. The highest BCUT2D eigenvalue weighted by atomic mass is 16.6. The minimum absolute atomic E-state index is 0.0542. The lowest BCUT2D eigenvalue weighted by molar-refractivity contribution is -0.384. The Bertz CT molecular complexity index is 1740. The van der Waals surface area contributed by atoms with E-state index in [4.69, 9.17) is 14.7 Å². The number of nitro groups is 1. The molecule has 11 nitrogen and oxygen atoms in total. The standard InChI is InChI=1S/C31H34N8O3/c1-19(2)27-18-34-38-29(27)36-30(35-22-8-11-24(42-3)12-9-22)37-31(38)33-17-21-6-4-5-7-25(21)28-26-13-10-23(39(40)41)16-20(26)14-15-32-28/h4-7,10,13-16,18-19,22,24H,8-9,11-12,17H2,1-3H3,(H2,33,35,36,37). The zero-order valence-electron chi connectivity index (χ0n) is 23.9. The lowest BCUT2D eigenvalue weighted by Gasteiger charge is -2.28. The summed E-state index contributed by atoms with van der Waals surface area (Å²) < 4.78 is 7.30. The van der Waals surface area contributed by atoms with Gasteiger partial charge in [-0.25, -0.2) is 0 Å². The summed E-state index contributed by atoms with van der Waals surface area (Å²) in [6, 6.07) is 15.0. The van der Waals surface area contributed by atoms with Crippen molar-refractivity contribution in [1.82, 2.24) is 24.6 Å². The zero-order chi connectivity index (χ0) is 29.2. The monoisotopic (exact) mass is 566 g/mol. The van der Waals surface area contributed by atoms with Crippen LogP contribution >= 0.6 is 0 Å². The number of anilines is 2. The SMILES string of the molecule is COC1CCC(Nc2nc(NCc3ccccc3-c3nccc4cc([N+](=O)[O-])ccc34)n3ncc(C(C)C)c3n2)CC1. The molecular formula is C31H34N8O3. The number of ether oxygens (including phenoxy) is 1. The largest absolute Gasteiger partial charge is 0.381 e. The molecule has 5 aromatic rings. The Morgan fingerprint density at radius 3 is 2.67 bits per heavy atom. The van der Waals surface area contributed by atoms with E-state index in [9.17, 15) is 10.1 Å². The molecule has 1 fully saturated rings. The first kappa shape index (κ1) is 27.5. The predicted molar refractivity (Wildman–Crippen MR) is 163 cm³/mol. The number of non-ortho nitro benzene ring substituents is 1. The van der Waals surface area contributed by atoms with Crippen molar-refractivity contribution >= 4 is 34.0 Å². The van der Waals surface area contributed by atoms with Gasteiger partial charge in [0.05, 0.1) is 22.9 Å². The highest BCUT2D eigenvalue weighted by Gasteiger charge is 2.23. The lowest BCUT2D eigenvalue weighted by atomic mass is 9.93. The van der Waals surface area contributed by atoms with Crippen molar-refractivity contribution in [3.63, 3.8) is 0 Å². The van der Waals surface area contributed by atoms with Crippen molar-refractivity contribution in [3.8, 4) is 11.3 Å². The minimum Gasteiger partial charge on any atom is -0.381 e. The molecule has 2 aromatic carbocycles. The van der Waals surface area contributed by atoms with Crippen molar-refractivity contribution in [2.75, 3.05) is 17.7 Å². The van der Waals surface area contributed by atoms with Gasteiger partial charge in [0, 0.05) is 54.5 Å². The van der Waals surface area contributed by atoms with E-state index in [0.717, 1.165) is 64.5 Å². The highest BCUT2D eigenvalue weighted by molar-refractivity contribution is 5.96. The topological polar surface area (TPSA) is 132 Å². The Morgan fingerprint density at radius 1 is 1.10 bits per heavy atom. The lowest BCUT2D eigenvalue weighted by Crippen LogP contribution is -2.30. The van der Waals surface area contributed by atoms with Gasteiger partial charge in [0.1, 0.15) is 0 Å². The number of benzene rings is 2. The van der Waals surface area contributed by atoms with Crippen molar-refractivity contribution in [2.24, 2.45) is 0 Å². The normalized spacial score (nSPS) is 17.1. The van der Waals surface area contributed by atoms with Gasteiger partial charge in [-0.05, 0) is 54.7 Å². The van der Waals surface area contributed by atoms with Crippen LogP contribution in [0, 0.1) is 10.1 Å². The van der Waals surface area contributed by atoms with Crippen molar-refractivity contribution in [3.05, 3.63) is 82.2 Å². The summed E-state index contributed by atoms with van der Waals surface area (Å²) in [4.78, 5) is 25.3. The number of nitro benzene ring substituents is 1. The van der Waals surface area contributed by atoms with E-state index < -0.39 is 0 Å². The Morgan fingerprint density at radius 2 is 1.90 bits per heavy atom. The molecule has 1 aliphatic carbocycles. The Labute approximate surface area is 243 Å². The summed E-state index contributed by atoms with van der Waals surface area (Å²) in [5.41, 5.74) is 4.60. The third kappa shape index (κ3) is 5.47. The maximum Gasteiger partial charge on any atom is 0.270 e. The number of pyridine rings is 1. The van der Waals surface area contributed by atoms with Gasteiger partial charge in [0.2, 0.25) is 11.9 Å². The van der Waals surface area contributed by atoms with Gasteiger partial charge in [-0.15, -0.1) is 0 Å². The summed E-state index contributed by atoms with van der Waals surface area (Å²) in [6.45, 7) is 4.73. The number of nitrogens with zero attached hydrogens (tertiary/aromatic N) is 6. The molecule has 3 aromatic heterocycles. The first-order valence-corrected chi connectivity index (χ1v) is 14.3. The van der Waals surface area contributed by atoms with Gasteiger partial charge in [-0.3, -0.25) is 15.1 Å². The van der Waals surface area contributed by atoms with E-state index in [1.165, 1.54) is 6.07 Å². The molecule has 3 heterocycles. The van der Waals surface area contributed by atoms with Gasteiger partial charge < -0.3 is 15.4 Å². The fraction of sp³-hybridized carbons (Fsp3) is 0.355. The molecule has 1 saturated carbocycles. The second-order valence-corrected chi connectivity index (χ2v) is 11.0. The van der Waals surface area contributed by atoms with E-state index in [1.807, 2.05) is 30.5 Å². The van der Waals surface area contributed by atoms with Crippen LogP contribution in [0.5, 0.6) is 0 Å². The van der Waals surface area contributed by atoms with Gasteiger partial charge in [0.25, 0.3) is 5.69 Å². The molecule has 0 amide bonds. The molecule has 11 heteroatoms. The number of hydrogen-bond donors (Lipinski definition) is 2. The fourth-order valence-corrected chi connectivity index (χ4v) is 5.68. The smallest absolute Gasteiger partial charge is 0.270 e. The van der Waals surface area contributed by atoms with E-state index in [-0.39, 0.29) is 22.6 Å². The maximum absolute atomic E-state index is 11.3. The predicted octanol–water partition coefficient (Wildman–Crippen LogP) is 6.35. The molecular weight excluding hydrogens is 532 g/mol. The van der Waals surface area contributed by atoms with Crippen molar-refractivity contribution < 1.29 is 9.66 Å². The number of hydrogen-bond acceptors (Lipinski definition) is 9. The molecule has 0 atom stereocenters. The summed E-state index contributed by atoms with van der Waals surface area (Å²) in [5.74, 6) is 1.43. The van der Waals surface area contributed by atoms with Gasteiger partial charge >= 0.3 is 0 Å². The van der Waals surface area contributed by atoms with E-state index in [0.29, 0.717) is 24.5 Å². The van der Waals surface area contributed by atoms with Crippen LogP contribution < -0.4 is 10.6 Å². The molecule has 0 bridgehead atoms. The molecule has 6 rings (SSSR count). The first-order chi connectivity index (χ1) is 20.4. The van der Waals surface area contributed by atoms with Crippen LogP contribution in [0.1, 0.15) is 56.6 Å². The van der Waals surface area contributed by atoms with Gasteiger partial charge in [0.15, 0.2) is 5.65 Å². The Hall–Kier alpha value is -4.64. The van der Waals surface area contributed by atoms with E-state index >= 15 is 0 Å². The Kier molecular flexibility index (Phi) is 7.66. The molecule has 216 valence electrons. The molecule has 2 N–H and O–H groups in total. The first-order valence-electron chi connectivity index (χ1n) is 14.3. The molecule has 0 saturated heterocycles. The maximum atomic E-state index is 11.3. The van der Waals surface area contributed by atoms with Crippen molar-refractivity contribution in [1.29, 1.82) is 0 Å². The minimum atomic E-state index is -0.381. The number of aromatic nitrogens is 5. The van der Waals surface area contributed by atoms with Gasteiger partial charge in [-0.1, -0.05) is 38.1 Å². The van der Waals surface area contributed by atoms with Crippen LogP contribution in [0.25, 0.3) is 27.7 Å². The van der Waals surface area contributed by atoms with Gasteiger partial charge in [-0.2, -0.15) is 19.6 Å². The summed E-state index contributed by atoms with van der Waals surface area (Å²) >= 11 is 0. The average Bonchev–Trinajstić information content (AvgIpc) is 3.44. The zero-order valence-corrected chi connectivity index (χ0v) is 23.9. The van der Waals surface area contributed by atoms with Crippen LogP contribution in [-0.4, -0.2) is 48.7 Å². The number of methoxy groups -OCH3 is 1. The quantitative estimate of drug-likeness (QED) is 0.155. The second kappa shape index (κ2) is 11.7. The number of rotatable bonds is 9. The molecule has 0 unspecified atom stereocenters. The third-order valence-corrected chi connectivity index (χ3v) is 8.03. The van der Waals surface area contributed by atoms with Crippen LogP contribution in [0.4, 0.5) is 17.6 Å². The number of nitrogens with one attached hydrogen (secondary N) is 2. The van der Waals surface area contributed by atoms with Crippen LogP contribution in [0.2, 0.25) is 0 Å². The molecule has 0 radical (unpaired) electrons. The van der Waals surface area contributed by atoms with Crippen LogP contribution in [-0.2, 0) is 11.3 Å². The van der Waals surface area contributed by atoms with Crippen LogP contribution in [0.3, 0.4) is 0 Å². The van der Waals surface area contributed by atoms with E-state index in [2.05, 4.69) is 34.6 Å². The summed E-state index contributed by atoms with van der Waals surface area (Å²) in [7, 11) is 1.78. The van der Waals surface area contributed by atoms with E-state index in [1.54, 1.807) is 36.0 Å². The fourth-order valence-electron chi connectivity index (χ4n) is 5.68. The third-order valence-electron chi connectivity index (χ3n) is 8.03. The average molecular weight is 567 g/mol. The molecule has 0 spiro atoms. The van der Waals surface area contributed by atoms with Crippen LogP contribution in [0.15, 0.2) is 60.9 Å². The molecule has 1 aliphatic rings. The second-order valence-electron chi connectivity index (χ2n) is 11.0.